The molecule has 6 aromatic rings. The Bertz CT molecular complexity index is 2720. The smallest absolute Gasteiger partial charge is 0.296 e. The van der Waals surface area contributed by atoms with E-state index < -0.39 is 25.1 Å². The minimum absolute atomic E-state index is 0.0622. The zero-order chi connectivity index (χ0) is 38.1. The highest BCUT2D eigenvalue weighted by Crippen LogP contribution is 2.40. The van der Waals surface area contributed by atoms with Crippen molar-refractivity contribution in [3.8, 4) is 11.1 Å². The molecule has 0 saturated heterocycles. The Kier molecular flexibility index (Phi) is 9.70. The Morgan fingerprint density at radius 3 is 1.53 bits per heavy atom. The first-order valence-corrected chi connectivity index (χ1v) is 18.3. The second kappa shape index (κ2) is 14.2. The van der Waals surface area contributed by atoms with Crippen molar-refractivity contribution >= 4 is 87.9 Å². The third-order valence-electron chi connectivity index (χ3n) is 8.01. The van der Waals surface area contributed by atoms with Crippen LogP contribution in [0, 0.1) is 6.92 Å². The molecule has 18 heteroatoms. The monoisotopic (exact) mass is 750 g/mol. The number of nitrogens with zero attached hydrogens (tertiary/aromatic N) is 6. The summed E-state index contributed by atoms with van der Waals surface area (Å²) in [6.45, 7) is 1.56. The van der Waals surface area contributed by atoms with Gasteiger partial charge in [0.25, 0.3) is 20.2 Å². The molecular weight excluding hydrogens is 721 g/mol. The minimum atomic E-state index is -4.59. The van der Waals surface area contributed by atoms with Crippen molar-refractivity contribution in [2.24, 2.45) is 30.7 Å². The standard InChI is InChI=1S/C35H30N10O6S2/c1-19-16-32(53(49,50)51)34(39)35(33(19)38)45-41-23-12-8-21(9-13-23)20-6-10-22(11-7-20)40-43-29-18-30(27(37)17-26(29)36)44-42-28-14-15-31(52(46,47)48)25-5-3-2-4-24(25)28/h2-18H,36-39H2,1H3,(H,46,47,48)(H,49,50,51). The first-order chi connectivity index (χ1) is 25.1. The molecule has 0 radical (unpaired) electrons. The van der Waals surface area contributed by atoms with Crippen molar-refractivity contribution in [3.63, 3.8) is 0 Å². The molecule has 0 unspecified atom stereocenters. The Hall–Kier alpha value is -6.60. The number of aryl methyl sites for hydroxylation is 1. The van der Waals surface area contributed by atoms with Gasteiger partial charge in [0.2, 0.25) is 0 Å². The van der Waals surface area contributed by atoms with Crippen LogP contribution >= 0.6 is 0 Å². The number of hydrogen-bond donors (Lipinski definition) is 6. The van der Waals surface area contributed by atoms with E-state index in [4.69, 9.17) is 22.9 Å². The average Bonchev–Trinajstić information content (AvgIpc) is 3.11. The van der Waals surface area contributed by atoms with Crippen LogP contribution in [0.15, 0.2) is 144 Å². The Morgan fingerprint density at radius 2 is 0.981 bits per heavy atom. The van der Waals surface area contributed by atoms with Crippen LogP contribution in [0.4, 0.5) is 56.9 Å². The number of azo groups is 3. The number of nitrogens with two attached hydrogens (primary N) is 4. The van der Waals surface area contributed by atoms with E-state index in [1.54, 1.807) is 55.5 Å². The van der Waals surface area contributed by atoms with Crippen molar-refractivity contribution in [2.45, 2.75) is 16.7 Å². The molecule has 0 heterocycles. The fraction of sp³-hybridized carbons (Fsp3) is 0.0286. The predicted octanol–water partition coefficient (Wildman–Crippen LogP) is 8.88. The summed E-state index contributed by atoms with van der Waals surface area (Å²) in [6.07, 6.45) is 0. The summed E-state index contributed by atoms with van der Waals surface area (Å²) >= 11 is 0. The highest BCUT2D eigenvalue weighted by Gasteiger charge is 2.21. The van der Waals surface area contributed by atoms with E-state index in [0.717, 1.165) is 11.1 Å². The molecule has 16 nitrogen and oxygen atoms in total. The van der Waals surface area contributed by atoms with E-state index >= 15 is 0 Å². The number of anilines is 4. The minimum Gasteiger partial charge on any atom is -0.397 e. The van der Waals surface area contributed by atoms with Crippen molar-refractivity contribution in [2.75, 3.05) is 22.9 Å². The molecular formula is C35H30N10O6S2. The van der Waals surface area contributed by atoms with Crippen molar-refractivity contribution < 1.29 is 25.9 Å². The van der Waals surface area contributed by atoms with Crippen LogP contribution in [0.1, 0.15) is 5.56 Å². The molecule has 268 valence electrons. The van der Waals surface area contributed by atoms with Gasteiger partial charge in [-0.25, -0.2) is 0 Å². The predicted molar refractivity (Wildman–Crippen MR) is 203 cm³/mol. The number of hydrogen-bond acceptors (Lipinski definition) is 14. The molecule has 0 bridgehead atoms. The SMILES string of the molecule is Cc1cc(S(=O)(=O)O)c(N)c(N=Nc2ccc(-c3ccc(N=Nc4cc(N=Nc5ccc(S(=O)(=O)O)c6ccccc56)c(N)cc4N)cc3)cc2)c1N. The Labute approximate surface area is 303 Å². The second-order valence-corrected chi connectivity index (χ2v) is 14.4. The molecule has 10 N–H and O–H groups in total. The van der Waals surface area contributed by atoms with E-state index in [0.29, 0.717) is 28.0 Å². The molecule has 0 aromatic heterocycles. The van der Waals surface area contributed by atoms with Crippen LogP contribution in [0.5, 0.6) is 0 Å². The van der Waals surface area contributed by atoms with Gasteiger partial charge in [0, 0.05) is 10.8 Å². The molecule has 0 aliphatic heterocycles. The summed E-state index contributed by atoms with van der Waals surface area (Å²) in [4.78, 5) is -0.745. The lowest BCUT2D eigenvalue weighted by Crippen LogP contribution is -2.06. The van der Waals surface area contributed by atoms with Crippen LogP contribution in [0.25, 0.3) is 21.9 Å². The summed E-state index contributed by atoms with van der Waals surface area (Å²) in [5, 5.41) is 26.0. The summed E-state index contributed by atoms with van der Waals surface area (Å²) in [5.41, 5.74) is 28.5. The summed E-state index contributed by atoms with van der Waals surface area (Å²) in [7, 11) is -9.05. The van der Waals surface area contributed by atoms with Gasteiger partial charge in [0.15, 0.2) is 0 Å². The van der Waals surface area contributed by atoms with Gasteiger partial charge in [-0.05, 0) is 78.2 Å². The van der Waals surface area contributed by atoms with Gasteiger partial charge in [0.1, 0.15) is 26.9 Å². The first kappa shape index (κ1) is 36.2. The summed E-state index contributed by atoms with van der Waals surface area (Å²) in [6, 6.07) is 27.7. The number of fused-ring (bicyclic) bond motifs is 1. The van der Waals surface area contributed by atoms with E-state index in [-0.39, 0.29) is 50.1 Å². The third kappa shape index (κ3) is 7.85. The lowest BCUT2D eigenvalue weighted by Gasteiger charge is -2.10. The second-order valence-electron chi connectivity index (χ2n) is 11.6. The van der Waals surface area contributed by atoms with Crippen molar-refractivity contribution in [1.82, 2.24) is 0 Å². The maximum absolute atomic E-state index is 11.8. The highest BCUT2D eigenvalue weighted by molar-refractivity contribution is 7.86. The zero-order valence-corrected chi connectivity index (χ0v) is 29.3. The third-order valence-corrected chi connectivity index (χ3v) is 9.82. The van der Waals surface area contributed by atoms with Gasteiger partial charge < -0.3 is 22.9 Å². The molecule has 53 heavy (non-hydrogen) atoms. The van der Waals surface area contributed by atoms with Crippen LogP contribution in [0.2, 0.25) is 0 Å². The zero-order valence-electron chi connectivity index (χ0n) is 27.7. The molecule has 0 aliphatic rings. The fourth-order valence-corrected chi connectivity index (χ4v) is 6.64. The van der Waals surface area contributed by atoms with Crippen LogP contribution in [-0.4, -0.2) is 25.9 Å². The van der Waals surface area contributed by atoms with Gasteiger partial charge in [-0.2, -0.15) is 27.1 Å². The van der Waals surface area contributed by atoms with E-state index in [1.165, 1.54) is 30.3 Å². The largest absolute Gasteiger partial charge is 0.397 e. The fourth-order valence-electron chi connectivity index (χ4n) is 5.24. The molecule has 6 aromatic carbocycles. The Balaban J connectivity index is 1.18. The normalized spacial score (nSPS) is 12.4. The lowest BCUT2D eigenvalue weighted by atomic mass is 10.1. The number of nitrogen functional groups attached to an aromatic ring is 4. The van der Waals surface area contributed by atoms with Gasteiger partial charge in [0.05, 0.1) is 39.8 Å². The van der Waals surface area contributed by atoms with Crippen LogP contribution in [0.3, 0.4) is 0 Å². The van der Waals surface area contributed by atoms with Crippen molar-refractivity contribution in [3.05, 3.63) is 109 Å². The maximum atomic E-state index is 11.8. The molecule has 0 saturated carbocycles. The maximum Gasteiger partial charge on any atom is 0.296 e. The average molecular weight is 751 g/mol. The molecule has 0 amide bonds. The summed E-state index contributed by atoms with van der Waals surface area (Å²) in [5.74, 6) is 0. The molecule has 0 atom stereocenters. The molecule has 0 spiro atoms. The van der Waals surface area contributed by atoms with Crippen molar-refractivity contribution in [1.29, 1.82) is 0 Å². The molecule has 0 aliphatic carbocycles. The van der Waals surface area contributed by atoms with E-state index in [1.807, 2.05) is 24.3 Å². The highest BCUT2D eigenvalue weighted by atomic mass is 32.2. The lowest BCUT2D eigenvalue weighted by molar-refractivity contribution is 0.481. The van der Waals surface area contributed by atoms with E-state index in [2.05, 4.69) is 30.7 Å². The van der Waals surface area contributed by atoms with Crippen LogP contribution < -0.4 is 22.9 Å². The van der Waals surface area contributed by atoms with Gasteiger partial charge in [-0.3, -0.25) is 9.11 Å². The van der Waals surface area contributed by atoms with Crippen LogP contribution in [-0.2, 0) is 20.2 Å². The van der Waals surface area contributed by atoms with Gasteiger partial charge in [-0.1, -0.05) is 48.5 Å². The Morgan fingerprint density at radius 1 is 0.491 bits per heavy atom. The van der Waals surface area contributed by atoms with Gasteiger partial charge in [-0.15, -0.1) is 20.5 Å². The summed E-state index contributed by atoms with van der Waals surface area (Å²) < 4.78 is 66.2. The topological polar surface area (TPSA) is 287 Å². The molecule has 0 fully saturated rings. The quantitative estimate of drug-likeness (QED) is 0.0463. The van der Waals surface area contributed by atoms with E-state index in [9.17, 15) is 25.9 Å². The van der Waals surface area contributed by atoms with Gasteiger partial charge >= 0.3 is 0 Å². The first-order valence-electron chi connectivity index (χ1n) is 15.4. The number of benzene rings is 6. The molecule has 6 rings (SSSR count). The number of rotatable bonds is 9.